The van der Waals surface area contributed by atoms with Crippen molar-refractivity contribution in [2.75, 3.05) is 20.2 Å². The van der Waals surface area contributed by atoms with E-state index in [0.717, 1.165) is 50.1 Å². The fourth-order valence-electron chi connectivity index (χ4n) is 5.22. The summed E-state index contributed by atoms with van der Waals surface area (Å²) in [5, 5.41) is 0. The van der Waals surface area contributed by atoms with Gasteiger partial charge in [-0.25, -0.2) is 4.98 Å². The zero-order valence-corrected chi connectivity index (χ0v) is 17.6. The second kappa shape index (κ2) is 7.19. The summed E-state index contributed by atoms with van der Waals surface area (Å²) in [5.74, 6) is 3.03. The Kier molecular flexibility index (Phi) is 4.64. The van der Waals surface area contributed by atoms with Crippen molar-refractivity contribution in [1.82, 2.24) is 14.5 Å². The predicted octanol–water partition coefficient (Wildman–Crippen LogP) is 4.36. The third-order valence-corrected chi connectivity index (χ3v) is 7.33. The highest BCUT2D eigenvalue weighted by Crippen LogP contribution is 2.50. The fourth-order valence-corrected chi connectivity index (χ4v) is 5.22. The summed E-state index contributed by atoms with van der Waals surface area (Å²) in [6.07, 6.45) is 9.96. The van der Waals surface area contributed by atoms with Crippen LogP contribution in [0.2, 0.25) is 0 Å². The van der Waals surface area contributed by atoms with Crippen LogP contribution in [0.4, 0.5) is 0 Å². The number of methoxy groups -OCH3 is 1. The largest absolute Gasteiger partial charge is 0.497 e. The molecule has 5 nitrogen and oxygen atoms in total. The van der Waals surface area contributed by atoms with Crippen LogP contribution in [0.15, 0.2) is 30.5 Å². The summed E-state index contributed by atoms with van der Waals surface area (Å²) in [6.45, 7) is 3.85. The minimum atomic E-state index is -0.311. The average molecular weight is 394 g/mol. The highest BCUT2D eigenvalue weighted by atomic mass is 16.5. The maximum Gasteiger partial charge on any atom is 0.233 e. The molecule has 0 radical (unpaired) electrons. The van der Waals surface area contributed by atoms with Crippen molar-refractivity contribution < 1.29 is 9.53 Å². The van der Waals surface area contributed by atoms with Crippen LogP contribution in [0, 0.1) is 6.92 Å². The molecule has 2 aliphatic carbocycles. The number of likely N-dealkylation sites (tertiary alicyclic amines) is 1. The number of imidazole rings is 1. The number of amides is 1. The van der Waals surface area contributed by atoms with Crippen molar-refractivity contribution in [2.24, 2.45) is 0 Å². The minimum Gasteiger partial charge on any atom is -0.497 e. The van der Waals surface area contributed by atoms with Crippen LogP contribution in [0.1, 0.15) is 74.0 Å². The first kappa shape index (κ1) is 18.7. The third-order valence-electron chi connectivity index (χ3n) is 7.33. The second-order valence-corrected chi connectivity index (χ2v) is 9.11. The molecule has 1 unspecified atom stereocenters. The second-order valence-electron chi connectivity index (χ2n) is 9.11. The van der Waals surface area contributed by atoms with Gasteiger partial charge in [0, 0.05) is 30.9 Å². The summed E-state index contributed by atoms with van der Waals surface area (Å²) >= 11 is 0. The molecule has 0 spiro atoms. The molecule has 0 bridgehead atoms. The maximum atomic E-state index is 13.6. The van der Waals surface area contributed by atoms with Gasteiger partial charge in [-0.05, 0) is 63.1 Å². The Labute approximate surface area is 173 Å². The Morgan fingerprint density at radius 3 is 2.52 bits per heavy atom. The van der Waals surface area contributed by atoms with Gasteiger partial charge >= 0.3 is 0 Å². The molecule has 3 fully saturated rings. The number of benzene rings is 1. The van der Waals surface area contributed by atoms with Crippen molar-refractivity contribution >= 4 is 5.91 Å². The van der Waals surface area contributed by atoms with Gasteiger partial charge in [-0.1, -0.05) is 18.6 Å². The Balaban J connectivity index is 1.36. The Hall–Kier alpha value is -2.30. The lowest BCUT2D eigenvalue weighted by Gasteiger charge is -2.38. The third kappa shape index (κ3) is 3.15. The van der Waals surface area contributed by atoms with E-state index < -0.39 is 0 Å². The molecule has 29 heavy (non-hydrogen) atoms. The van der Waals surface area contributed by atoms with E-state index in [4.69, 9.17) is 9.72 Å². The molecule has 1 amide bonds. The van der Waals surface area contributed by atoms with Crippen LogP contribution in [0.5, 0.6) is 5.75 Å². The Bertz CT molecular complexity index is 893. The molecular formula is C24H31N3O2. The smallest absolute Gasteiger partial charge is 0.233 e. The zero-order valence-electron chi connectivity index (χ0n) is 17.6. The van der Waals surface area contributed by atoms with Crippen molar-refractivity contribution in [1.29, 1.82) is 0 Å². The Morgan fingerprint density at radius 1 is 1.14 bits per heavy atom. The van der Waals surface area contributed by atoms with Gasteiger partial charge in [0.1, 0.15) is 11.6 Å². The van der Waals surface area contributed by atoms with Crippen LogP contribution in [-0.4, -0.2) is 40.6 Å². The molecule has 5 rings (SSSR count). The zero-order chi connectivity index (χ0) is 20.0. The van der Waals surface area contributed by atoms with Gasteiger partial charge in [-0.15, -0.1) is 0 Å². The van der Waals surface area contributed by atoms with Gasteiger partial charge < -0.3 is 14.2 Å². The topological polar surface area (TPSA) is 47.4 Å². The highest BCUT2D eigenvalue weighted by molar-refractivity contribution is 5.91. The van der Waals surface area contributed by atoms with Crippen molar-refractivity contribution in [3.05, 3.63) is 47.5 Å². The number of hydrogen-bond acceptors (Lipinski definition) is 3. The fraction of sp³-hybridized carbons (Fsp3) is 0.583. The average Bonchev–Trinajstić information content (AvgIpc) is 3.45. The standard InChI is InChI=1S/C24H31N3O2/c1-17-15-25-22(18-5-3-6-18)27(17)20-7-4-14-26(16-20)23(28)24(12-13-24)19-8-10-21(29-2)11-9-19/h8-11,15,18,20H,3-7,12-14,16H2,1-2H3. The number of aromatic nitrogens is 2. The van der Waals surface area contributed by atoms with Crippen molar-refractivity contribution in [3.8, 4) is 5.75 Å². The number of ether oxygens (including phenoxy) is 1. The Morgan fingerprint density at radius 2 is 1.90 bits per heavy atom. The number of hydrogen-bond donors (Lipinski definition) is 0. The van der Waals surface area contributed by atoms with Gasteiger partial charge in [0.05, 0.1) is 18.6 Å². The molecule has 1 aromatic carbocycles. The number of carbonyl (C=O) groups is 1. The van der Waals surface area contributed by atoms with Crippen molar-refractivity contribution in [2.45, 2.75) is 69.2 Å². The van der Waals surface area contributed by atoms with Gasteiger partial charge in [0.25, 0.3) is 0 Å². The first-order valence-corrected chi connectivity index (χ1v) is 11.1. The van der Waals surface area contributed by atoms with Gasteiger partial charge in [0.2, 0.25) is 5.91 Å². The monoisotopic (exact) mass is 393 g/mol. The summed E-state index contributed by atoms with van der Waals surface area (Å²) in [4.78, 5) is 20.5. The van der Waals surface area contributed by atoms with Crippen LogP contribution in [0.3, 0.4) is 0 Å². The number of rotatable bonds is 5. The first-order chi connectivity index (χ1) is 14.1. The lowest BCUT2D eigenvalue weighted by molar-refractivity contribution is -0.135. The van der Waals surface area contributed by atoms with Crippen LogP contribution in [-0.2, 0) is 10.2 Å². The van der Waals surface area contributed by atoms with E-state index >= 15 is 0 Å². The van der Waals surface area contributed by atoms with E-state index in [1.165, 1.54) is 30.8 Å². The van der Waals surface area contributed by atoms with E-state index in [-0.39, 0.29) is 5.41 Å². The molecule has 1 saturated heterocycles. The maximum absolute atomic E-state index is 13.6. The van der Waals surface area contributed by atoms with E-state index in [2.05, 4.69) is 28.5 Å². The van der Waals surface area contributed by atoms with Crippen molar-refractivity contribution in [3.63, 3.8) is 0 Å². The molecule has 3 aliphatic rings. The number of nitrogens with zero attached hydrogens (tertiary/aromatic N) is 3. The molecule has 2 heterocycles. The van der Waals surface area contributed by atoms with Gasteiger partial charge in [-0.3, -0.25) is 4.79 Å². The molecular weight excluding hydrogens is 362 g/mol. The van der Waals surface area contributed by atoms with Crippen LogP contribution in [0.25, 0.3) is 0 Å². The number of piperidine rings is 1. The predicted molar refractivity (Wildman–Crippen MR) is 112 cm³/mol. The lowest BCUT2D eigenvalue weighted by Crippen LogP contribution is -2.46. The normalized spacial score (nSPS) is 23.5. The van der Waals surface area contributed by atoms with E-state index in [9.17, 15) is 4.79 Å². The molecule has 2 aromatic rings. The summed E-state index contributed by atoms with van der Waals surface area (Å²) in [7, 11) is 1.68. The molecule has 1 aromatic heterocycles. The van der Waals surface area contributed by atoms with Crippen LogP contribution < -0.4 is 4.74 Å². The molecule has 1 aliphatic heterocycles. The first-order valence-electron chi connectivity index (χ1n) is 11.1. The summed E-state index contributed by atoms with van der Waals surface area (Å²) in [6, 6.07) is 8.44. The van der Waals surface area contributed by atoms with E-state index in [1.54, 1.807) is 7.11 Å². The summed E-state index contributed by atoms with van der Waals surface area (Å²) in [5.41, 5.74) is 2.07. The number of carbonyl (C=O) groups excluding carboxylic acids is 1. The van der Waals surface area contributed by atoms with E-state index in [1.807, 2.05) is 18.3 Å². The molecule has 5 heteroatoms. The molecule has 154 valence electrons. The van der Waals surface area contributed by atoms with Gasteiger partial charge in [-0.2, -0.15) is 0 Å². The SMILES string of the molecule is COc1ccc(C2(C(=O)N3CCCC(n4c(C)cnc4C4CCC4)C3)CC2)cc1. The molecule has 2 saturated carbocycles. The summed E-state index contributed by atoms with van der Waals surface area (Å²) < 4.78 is 7.74. The highest BCUT2D eigenvalue weighted by Gasteiger charge is 2.53. The molecule has 1 atom stereocenters. The molecule has 0 N–H and O–H groups in total. The lowest BCUT2D eigenvalue weighted by atomic mass is 9.84. The number of aryl methyl sites for hydroxylation is 1. The van der Waals surface area contributed by atoms with Crippen LogP contribution >= 0.6 is 0 Å². The quantitative estimate of drug-likeness (QED) is 0.758. The minimum absolute atomic E-state index is 0.311. The van der Waals surface area contributed by atoms with Gasteiger partial charge in [0.15, 0.2) is 0 Å². The van der Waals surface area contributed by atoms with E-state index in [0.29, 0.717) is 17.9 Å².